The summed E-state index contributed by atoms with van der Waals surface area (Å²) >= 11 is 1.74. The highest BCUT2D eigenvalue weighted by molar-refractivity contribution is 7.14. The Morgan fingerprint density at radius 3 is 2.57 bits per heavy atom. The van der Waals surface area contributed by atoms with Crippen LogP contribution in [0.15, 0.2) is 24.3 Å². The van der Waals surface area contributed by atoms with Crippen LogP contribution in [-0.2, 0) is 25.7 Å². The van der Waals surface area contributed by atoms with Crippen LogP contribution in [0.25, 0.3) is 0 Å². The minimum Gasteiger partial charge on any atom is -0.288 e. The predicted octanol–water partition coefficient (Wildman–Crippen LogP) is 4.74. The average Bonchev–Trinajstić information content (AvgIpc) is 3.08. The molecule has 0 unspecified atom stereocenters. The van der Waals surface area contributed by atoms with Gasteiger partial charge in [-0.2, -0.15) is 0 Å². The van der Waals surface area contributed by atoms with Crippen LogP contribution >= 0.6 is 11.3 Å². The average molecular weight is 296 g/mol. The second kappa shape index (κ2) is 5.42. The van der Waals surface area contributed by atoms with Crippen molar-refractivity contribution in [3.63, 3.8) is 0 Å². The number of fused-ring (bicyclic) bond motifs is 2. The van der Waals surface area contributed by atoms with Gasteiger partial charge in [0, 0.05) is 10.4 Å². The smallest absolute Gasteiger partial charge is 0.202 e. The van der Waals surface area contributed by atoms with Crippen molar-refractivity contribution in [2.24, 2.45) is 0 Å². The lowest BCUT2D eigenvalue weighted by atomic mass is 10.0. The number of carbonyl (C=O) groups excluding carboxylic acids is 1. The fourth-order valence-corrected chi connectivity index (χ4v) is 4.85. The van der Waals surface area contributed by atoms with Gasteiger partial charge >= 0.3 is 0 Å². The Morgan fingerprint density at radius 2 is 1.62 bits per heavy atom. The summed E-state index contributed by atoms with van der Waals surface area (Å²) in [5, 5.41) is 0. The number of thiophene rings is 1. The molecule has 4 rings (SSSR count). The zero-order valence-corrected chi connectivity index (χ0v) is 13.1. The lowest BCUT2D eigenvalue weighted by Crippen LogP contribution is -2.00. The largest absolute Gasteiger partial charge is 0.288 e. The SMILES string of the molecule is O=C(c1ccc2c(c1)CCC2)c1cc2c(s1)CCCCC2. The van der Waals surface area contributed by atoms with Crippen LogP contribution in [0.3, 0.4) is 0 Å². The van der Waals surface area contributed by atoms with Gasteiger partial charge in [0.25, 0.3) is 0 Å². The summed E-state index contributed by atoms with van der Waals surface area (Å²) in [7, 11) is 0. The Hall–Kier alpha value is -1.41. The molecule has 0 radical (unpaired) electrons. The molecule has 0 N–H and O–H groups in total. The van der Waals surface area contributed by atoms with Crippen LogP contribution in [-0.4, -0.2) is 5.78 Å². The fraction of sp³-hybridized carbons (Fsp3) is 0.421. The van der Waals surface area contributed by atoms with E-state index in [2.05, 4.69) is 18.2 Å². The molecule has 0 spiro atoms. The van der Waals surface area contributed by atoms with Crippen LogP contribution in [0.4, 0.5) is 0 Å². The van der Waals surface area contributed by atoms with Crippen molar-refractivity contribution in [3.05, 3.63) is 56.3 Å². The highest BCUT2D eigenvalue weighted by Crippen LogP contribution is 2.31. The molecule has 1 aromatic carbocycles. The summed E-state index contributed by atoms with van der Waals surface area (Å²) in [6, 6.07) is 8.49. The minimum atomic E-state index is 0.225. The van der Waals surface area contributed by atoms with Crippen LogP contribution in [0, 0.1) is 0 Å². The van der Waals surface area contributed by atoms with Gasteiger partial charge in [-0.05, 0) is 73.8 Å². The highest BCUT2D eigenvalue weighted by Gasteiger charge is 2.19. The van der Waals surface area contributed by atoms with Crippen LogP contribution in [0.2, 0.25) is 0 Å². The lowest BCUT2D eigenvalue weighted by Gasteiger charge is -2.03. The third kappa shape index (κ3) is 2.46. The second-order valence-electron chi connectivity index (χ2n) is 6.29. The van der Waals surface area contributed by atoms with Gasteiger partial charge in [0.2, 0.25) is 5.78 Å². The number of rotatable bonds is 2. The molecule has 2 heteroatoms. The maximum absolute atomic E-state index is 12.8. The molecule has 0 saturated carbocycles. The molecule has 21 heavy (non-hydrogen) atoms. The second-order valence-corrected chi connectivity index (χ2v) is 7.42. The first kappa shape index (κ1) is 13.3. The maximum Gasteiger partial charge on any atom is 0.202 e. The molecular formula is C19H20OS. The van der Waals surface area contributed by atoms with Crippen molar-refractivity contribution in [3.8, 4) is 0 Å². The Balaban J connectivity index is 1.65. The first-order chi connectivity index (χ1) is 10.3. The summed E-state index contributed by atoms with van der Waals surface area (Å²) in [6.45, 7) is 0. The van der Waals surface area contributed by atoms with Crippen molar-refractivity contribution in [2.75, 3.05) is 0 Å². The zero-order valence-electron chi connectivity index (χ0n) is 12.3. The summed E-state index contributed by atoms with van der Waals surface area (Å²) in [6.07, 6.45) is 9.75. The van der Waals surface area contributed by atoms with Gasteiger partial charge in [-0.25, -0.2) is 0 Å². The highest BCUT2D eigenvalue weighted by atomic mass is 32.1. The van der Waals surface area contributed by atoms with E-state index in [1.54, 1.807) is 11.3 Å². The molecular weight excluding hydrogens is 276 g/mol. The number of hydrogen-bond donors (Lipinski definition) is 0. The molecule has 2 aromatic rings. The summed E-state index contributed by atoms with van der Waals surface area (Å²) in [4.78, 5) is 15.2. The van der Waals surface area contributed by atoms with Crippen molar-refractivity contribution in [2.45, 2.75) is 51.4 Å². The van der Waals surface area contributed by atoms with Gasteiger partial charge in [0.15, 0.2) is 0 Å². The Labute approximate surface area is 130 Å². The van der Waals surface area contributed by atoms with E-state index in [9.17, 15) is 4.79 Å². The Bertz CT molecular complexity index is 672. The third-order valence-electron chi connectivity index (χ3n) is 4.83. The third-order valence-corrected chi connectivity index (χ3v) is 6.07. The van der Waals surface area contributed by atoms with Gasteiger partial charge in [0.05, 0.1) is 4.88 Å². The summed E-state index contributed by atoms with van der Waals surface area (Å²) < 4.78 is 0. The number of aryl methyl sites for hydroxylation is 4. The molecule has 1 nitrogen and oxygen atoms in total. The molecule has 2 aliphatic carbocycles. The van der Waals surface area contributed by atoms with E-state index in [-0.39, 0.29) is 5.78 Å². The van der Waals surface area contributed by atoms with E-state index in [1.165, 1.54) is 53.7 Å². The van der Waals surface area contributed by atoms with E-state index in [0.717, 1.165) is 29.7 Å². The predicted molar refractivity (Wildman–Crippen MR) is 87.5 cm³/mol. The number of ketones is 1. The lowest BCUT2D eigenvalue weighted by molar-refractivity contribution is 0.104. The number of carbonyl (C=O) groups is 1. The maximum atomic E-state index is 12.8. The quantitative estimate of drug-likeness (QED) is 0.578. The normalized spacial score (nSPS) is 17.1. The minimum absolute atomic E-state index is 0.225. The summed E-state index contributed by atoms with van der Waals surface area (Å²) in [5.74, 6) is 0.225. The van der Waals surface area contributed by atoms with Gasteiger partial charge < -0.3 is 0 Å². The van der Waals surface area contributed by atoms with Crippen molar-refractivity contribution in [1.29, 1.82) is 0 Å². The molecule has 0 amide bonds. The molecule has 0 bridgehead atoms. The topological polar surface area (TPSA) is 17.1 Å². The standard InChI is InChI=1S/C19H20OS/c20-19(16-10-9-13-6-4-7-14(13)11-16)18-12-15-5-2-1-3-8-17(15)21-18/h9-12H,1-8H2. The molecule has 108 valence electrons. The van der Waals surface area contributed by atoms with Crippen molar-refractivity contribution >= 4 is 17.1 Å². The van der Waals surface area contributed by atoms with Gasteiger partial charge in [-0.3, -0.25) is 4.79 Å². The fourth-order valence-electron chi connectivity index (χ4n) is 3.63. The van der Waals surface area contributed by atoms with Gasteiger partial charge in [-0.15, -0.1) is 11.3 Å². The first-order valence-corrected chi connectivity index (χ1v) is 8.91. The molecule has 1 heterocycles. The van der Waals surface area contributed by atoms with E-state index in [4.69, 9.17) is 0 Å². The molecule has 0 atom stereocenters. The molecule has 0 fully saturated rings. The van der Waals surface area contributed by atoms with Crippen molar-refractivity contribution < 1.29 is 4.79 Å². The van der Waals surface area contributed by atoms with E-state index < -0.39 is 0 Å². The first-order valence-electron chi connectivity index (χ1n) is 8.09. The van der Waals surface area contributed by atoms with Gasteiger partial charge in [0.1, 0.15) is 0 Å². The molecule has 2 aliphatic rings. The molecule has 1 aromatic heterocycles. The van der Waals surface area contributed by atoms with E-state index >= 15 is 0 Å². The van der Waals surface area contributed by atoms with Crippen molar-refractivity contribution in [1.82, 2.24) is 0 Å². The van der Waals surface area contributed by atoms with E-state index in [0.29, 0.717) is 0 Å². The van der Waals surface area contributed by atoms with Crippen LogP contribution in [0.5, 0.6) is 0 Å². The van der Waals surface area contributed by atoms with E-state index in [1.807, 2.05) is 6.07 Å². The Kier molecular flexibility index (Phi) is 3.42. The zero-order chi connectivity index (χ0) is 14.2. The van der Waals surface area contributed by atoms with Gasteiger partial charge in [-0.1, -0.05) is 18.6 Å². The monoisotopic (exact) mass is 296 g/mol. The van der Waals surface area contributed by atoms with Crippen LogP contribution in [0.1, 0.15) is 62.5 Å². The molecule has 0 aliphatic heterocycles. The summed E-state index contributed by atoms with van der Waals surface area (Å²) in [5.41, 5.74) is 5.14. The Morgan fingerprint density at radius 1 is 0.810 bits per heavy atom. The number of hydrogen-bond acceptors (Lipinski definition) is 2. The van der Waals surface area contributed by atoms with Crippen LogP contribution < -0.4 is 0 Å². The number of benzene rings is 1. The molecule has 0 saturated heterocycles.